The molecule has 25 heavy (non-hydrogen) atoms. The van der Waals surface area contributed by atoms with Gasteiger partial charge in [0.15, 0.2) is 0 Å². The summed E-state index contributed by atoms with van der Waals surface area (Å²) >= 11 is 8.57. The zero-order valence-electron chi connectivity index (χ0n) is 15.1. The summed E-state index contributed by atoms with van der Waals surface area (Å²) in [4.78, 5) is 16.1. The summed E-state index contributed by atoms with van der Waals surface area (Å²) in [5.74, 6) is -0.0476. The van der Waals surface area contributed by atoms with E-state index in [1.54, 1.807) is 19.0 Å². The first-order chi connectivity index (χ1) is 12.0. The van der Waals surface area contributed by atoms with E-state index in [1.165, 1.54) is 38.8 Å². The number of carbonyl (C=O) groups excluding carboxylic acids is 1. The summed E-state index contributed by atoms with van der Waals surface area (Å²) in [6.45, 7) is 4.49. The number of piperidine rings is 2. The Kier molecular flexibility index (Phi) is 6.53. The molecule has 1 aromatic carbocycles. The number of rotatable bonds is 4. The Morgan fingerprint density at radius 3 is 2.40 bits per heavy atom. The predicted octanol–water partition coefficient (Wildman–Crippen LogP) is 3.50. The number of thioether (sulfide) groups is 1. The monoisotopic (exact) mass is 381 g/mol. The molecule has 0 bridgehead atoms. The molecule has 1 N–H and O–H groups in total. The number of hydrogen-bond donors (Lipinski definition) is 1. The molecule has 1 amide bonds. The third-order valence-electron chi connectivity index (χ3n) is 5.07. The molecule has 0 saturated carbocycles. The van der Waals surface area contributed by atoms with Crippen LogP contribution in [0.3, 0.4) is 0 Å². The lowest BCUT2D eigenvalue weighted by Gasteiger charge is -2.35. The Hall–Kier alpha value is -0.910. The lowest BCUT2D eigenvalue weighted by molar-refractivity contribution is 0.0828. The van der Waals surface area contributed by atoms with E-state index < -0.39 is 0 Å². The molecular formula is C19H28ClN3OS. The summed E-state index contributed by atoms with van der Waals surface area (Å²) in [6, 6.07) is 5.83. The van der Waals surface area contributed by atoms with Gasteiger partial charge < -0.3 is 15.1 Å². The molecule has 0 radical (unpaired) electrons. The van der Waals surface area contributed by atoms with Gasteiger partial charge in [0, 0.05) is 43.4 Å². The van der Waals surface area contributed by atoms with Gasteiger partial charge in [0.1, 0.15) is 0 Å². The van der Waals surface area contributed by atoms with Crippen molar-refractivity contribution in [3.05, 3.63) is 28.8 Å². The summed E-state index contributed by atoms with van der Waals surface area (Å²) < 4.78 is 0. The van der Waals surface area contributed by atoms with Crippen LogP contribution in [-0.4, -0.2) is 61.6 Å². The van der Waals surface area contributed by atoms with E-state index in [0.717, 1.165) is 29.3 Å². The van der Waals surface area contributed by atoms with Crippen LogP contribution in [0.1, 0.15) is 36.0 Å². The van der Waals surface area contributed by atoms with Crippen LogP contribution in [-0.2, 0) is 0 Å². The molecule has 3 rings (SSSR count). The summed E-state index contributed by atoms with van der Waals surface area (Å²) in [5.41, 5.74) is 1.71. The number of halogens is 1. The Morgan fingerprint density at radius 2 is 1.80 bits per heavy atom. The molecule has 2 aliphatic rings. The summed E-state index contributed by atoms with van der Waals surface area (Å²) in [6.07, 6.45) is 5.07. The highest BCUT2D eigenvalue weighted by Gasteiger charge is 2.24. The van der Waals surface area contributed by atoms with Crippen LogP contribution in [0.25, 0.3) is 0 Å². The molecule has 0 unspecified atom stereocenters. The number of nitrogens with zero attached hydrogens (tertiary/aromatic N) is 2. The average Bonchev–Trinajstić information content (AvgIpc) is 2.62. The first-order valence-corrected chi connectivity index (χ1v) is 10.5. The first-order valence-electron chi connectivity index (χ1n) is 9.17. The molecule has 138 valence electrons. The number of nitrogens with one attached hydrogen (secondary N) is 1. The van der Waals surface area contributed by atoms with Gasteiger partial charge in [-0.05, 0) is 57.0 Å². The number of hydrogen-bond acceptors (Lipinski definition) is 4. The fourth-order valence-electron chi connectivity index (χ4n) is 3.57. The second-order valence-corrected chi connectivity index (χ2v) is 9.15. The van der Waals surface area contributed by atoms with E-state index in [1.807, 2.05) is 18.2 Å². The third-order valence-corrected chi connectivity index (χ3v) is 7.09. The van der Waals surface area contributed by atoms with Gasteiger partial charge in [-0.15, -0.1) is 0 Å². The average molecular weight is 382 g/mol. The lowest BCUT2D eigenvalue weighted by Crippen LogP contribution is -2.37. The van der Waals surface area contributed by atoms with Crippen molar-refractivity contribution >= 4 is 35.0 Å². The Balaban J connectivity index is 1.55. The lowest BCUT2D eigenvalue weighted by atomic mass is 10.1. The maximum atomic E-state index is 12.1. The normalized spacial score (nSPS) is 19.9. The van der Waals surface area contributed by atoms with Crippen LogP contribution in [0.5, 0.6) is 0 Å². The number of anilines is 1. The van der Waals surface area contributed by atoms with Crippen molar-refractivity contribution in [1.82, 2.24) is 10.2 Å². The van der Waals surface area contributed by atoms with Gasteiger partial charge in [0.2, 0.25) is 0 Å². The van der Waals surface area contributed by atoms with E-state index in [0.29, 0.717) is 10.6 Å². The van der Waals surface area contributed by atoms with Crippen molar-refractivity contribution in [1.29, 1.82) is 0 Å². The van der Waals surface area contributed by atoms with Crippen LogP contribution in [0.4, 0.5) is 5.69 Å². The van der Waals surface area contributed by atoms with Crippen molar-refractivity contribution in [3.63, 3.8) is 0 Å². The van der Waals surface area contributed by atoms with Gasteiger partial charge in [0.05, 0.1) is 10.6 Å². The maximum absolute atomic E-state index is 12.1. The number of carbonyl (C=O) groups is 1. The van der Waals surface area contributed by atoms with Gasteiger partial charge in [0.25, 0.3) is 5.91 Å². The molecule has 6 heteroatoms. The van der Waals surface area contributed by atoms with Crippen molar-refractivity contribution < 1.29 is 4.79 Å². The fourth-order valence-corrected chi connectivity index (χ4v) is 5.36. The van der Waals surface area contributed by atoms with Crippen LogP contribution in [0, 0.1) is 0 Å². The minimum Gasteiger partial charge on any atom is -0.371 e. The van der Waals surface area contributed by atoms with Gasteiger partial charge in [-0.2, -0.15) is 11.8 Å². The minimum atomic E-state index is -0.0476. The van der Waals surface area contributed by atoms with Gasteiger partial charge >= 0.3 is 0 Å². The quantitative estimate of drug-likeness (QED) is 0.865. The minimum absolute atomic E-state index is 0.0476. The summed E-state index contributed by atoms with van der Waals surface area (Å²) in [5, 5.41) is 5.61. The smallest absolute Gasteiger partial charge is 0.254 e. The molecule has 2 heterocycles. The van der Waals surface area contributed by atoms with E-state index in [9.17, 15) is 4.79 Å². The van der Waals surface area contributed by atoms with Crippen LogP contribution < -0.4 is 10.2 Å². The molecule has 0 spiro atoms. The Morgan fingerprint density at radius 1 is 1.16 bits per heavy atom. The van der Waals surface area contributed by atoms with E-state index in [4.69, 9.17) is 11.6 Å². The molecule has 2 aliphatic heterocycles. The predicted molar refractivity (Wildman–Crippen MR) is 108 cm³/mol. The Labute approximate surface area is 160 Å². The van der Waals surface area contributed by atoms with E-state index >= 15 is 0 Å². The first kappa shape index (κ1) is 18.9. The second-order valence-electron chi connectivity index (χ2n) is 7.14. The van der Waals surface area contributed by atoms with Gasteiger partial charge in [-0.3, -0.25) is 4.79 Å². The van der Waals surface area contributed by atoms with E-state index in [2.05, 4.69) is 22.0 Å². The standard InChI is InChI=1S/C19H28ClN3OS/c1-22(2)19(24)17-4-3-14(13-18(17)20)23-11-7-16(8-12-23)25-15-5-9-21-10-6-15/h3-4,13,15-16,21H,5-12H2,1-2H3. The highest BCUT2D eigenvalue weighted by Crippen LogP contribution is 2.33. The largest absolute Gasteiger partial charge is 0.371 e. The topological polar surface area (TPSA) is 35.6 Å². The van der Waals surface area contributed by atoms with Gasteiger partial charge in [-0.1, -0.05) is 11.6 Å². The van der Waals surface area contributed by atoms with Gasteiger partial charge in [-0.25, -0.2) is 0 Å². The highest BCUT2D eigenvalue weighted by molar-refractivity contribution is 8.00. The van der Waals surface area contributed by atoms with Crippen molar-refractivity contribution in [3.8, 4) is 0 Å². The molecular weight excluding hydrogens is 354 g/mol. The molecule has 4 nitrogen and oxygen atoms in total. The number of amides is 1. The molecule has 1 aromatic rings. The third kappa shape index (κ3) is 4.83. The van der Waals surface area contributed by atoms with Crippen molar-refractivity contribution in [2.45, 2.75) is 36.2 Å². The fraction of sp³-hybridized carbons (Fsp3) is 0.632. The van der Waals surface area contributed by atoms with Crippen LogP contribution >= 0.6 is 23.4 Å². The molecule has 2 saturated heterocycles. The Bertz CT molecular complexity index is 596. The summed E-state index contributed by atoms with van der Waals surface area (Å²) in [7, 11) is 3.49. The maximum Gasteiger partial charge on any atom is 0.254 e. The van der Waals surface area contributed by atoms with Crippen LogP contribution in [0.15, 0.2) is 18.2 Å². The van der Waals surface area contributed by atoms with Crippen LogP contribution in [0.2, 0.25) is 5.02 Å². The van der Waals surface area contributed by atoms with Crippen molar-refractivity contribution in [2.24, 2.45) is 0 Å². The zero-order chi connectivity index (χ0) is 17.8. The van der Waals surface area contributed by atoms with E-state index in [-0.39, 0.29) is 5.91 Å². The highest BCUT2D eigenvalue weighted by atomic mass is 35.5. The second kappa shape index (κ2) is 8.65. The molecule has 0 aromatic heterocycles. The zero-order valence-corrected chi connectivity index (χ0v) is 16.7. The molecule has 0 aliphatic carbocycles. The SMILES string of the molecule is CN(C)C(=O)c1ccc(N2CCC(SC3CCNCC3)CC2)cc1Cl. The molecule has 2 fully saturated rings. The molecule has 0 atom stereocenters. The number of benzene rings is 1. The van der Waals surface area contributed by atoms with Crippen molar-refractivity contribution in [2.75, 3.05) is 45.2 Å².